The number of carbonyl (C=O) groups excluding carboxylic acids is 2. The average Bonchev–Trinajstić information content (AvgIpc) is 2.08. The second-order valence-electron chi connectivity index (χ2n) is 3.71. The lowest BCUT2D eigenvalue weighted by molar-refractivity contribution is -0.127. The Balaban J connectivity index is 2.14. The number of carbonyl (C=O) groups is 2. The van der Waals surface area contributed by atoms with Gasteiger partial charge in [-0.15, -0.1) is 0 Å². The van der Waals surface area contributed by atoms with Gasteiger partial charge < -0.3 is 5.73 Å². The van der Waals surface area contributed by atoms with Crippen LogP contribution >= 0.6 is 11.6 Å². The SMILES string of the molecule is NC(=O)CC(=O)C1Cc2cc(Cl)ccc21. The molecule has 2 rings (SSSR count). The van der Waals surface area contributed by atoms with E-state index < -0.39 is 5.91 Å². The van der Waals surface area contributed by atoms with Gasteiger partial charge in [0.2, 0.25) is 5.91 Å². The van der Waals surface area contributed by atoms with Gasteiger partial charge in [0, 0.05) is 10.9 Å². The smallest absolute Gasteiger partial charge is 0.224 e. The van der Waals surface area contributed by atoms with Gasteiger partial charge in [-0.25, -0.2) is 0 Å². The monoisotopic (exact) mass is 223 g/mol. The minimum Gasteiger partial charge on any atom is -0.369 e. The largest absolute Gasteiger partial charge is 0.369 e. The highest BCUT2D eigenvalue weighted by atomic mass is 35.5. The van der Waals surface area contributed by atoms with E-state index in [1.54, 1.807) is 6.07 Å². The lowest BCUT2D eigenvalue weighted by Crippen LogP contribution is -2.28. The van der Waals surface area contributed by atoms with Gasteiger partial charge in [0.05, 0.1) is 6.42 Å². The highest BCUT2D eigenvalue weighted by Gasteiger charge is 2.32. The zero-order valence-corrected chi connectivity index (χ0v) is 8.75. The van der Waals surface area contributed by atoms with Gasteiger partial charge in [0.1, 0.15) is 5.78 Å². The molecule has 1 aliphatic carbocycles. The Morgan fingerprint density at radius 1 is 1.47 bits per heavy atom. The molecule has 1 aliphatic rings. The molecule has 0 saturated carbocycles. The quantitative estimate of drug-likeness (QED) is 0.788. The Hall–Kier alpha value is -1.35. The van der Waals surface area contributed by atoms with Crippen molar-refractivity contribution in [2.24, 2.45) is 5.73 Å². The molecule has 1 unspecified atom stereocenters. The summed E-state index contributed by atoms with van der Waals surface area (Å²) < 4.78 is 0. The molecule has 1 aromatic carbocycles. The minimum absolute atomic E-state index is 0.0997. The lowest BCUT2D eigenvalue weighted by atomic mass is 9.74. The molecule has 0 spiro atoms. The number of Topliss-reactive ketones (excluding diaryl/α,β-unsaturated/α-hetero) is 1. The molecular formula is C11H10ClNO2. The molecule has 0 heterocycles. The van der Waals surface area contributed by atoms with Crippen molar-refractivity contribution in [2.45, 2.75) is 18.8 Å². The van der Waals surface area contributed by atoms with Crippen LogP contribution in [0.4, 0.5) is 0 Å². The number of ketones is 1. The number of hydrogen-bond donors (Lipinski definition) is 1. The van der Waals surface area contributed by atoms with Crippen LogP contribution in [0, 0.1) is 0 Å². The first-order chi connectivity index (χ1) is 7.08. The Morgan fingerprint density at radius 2 is 2.20 bits per heavy atom. The van der Waals surface area contributed by atoms with Gasteiger partial charge in [-0.2, -0.15) is 0 Å². The first-order valence-electron chi connectivity index (χ1n) is 4.67. The maximum absolute atomic E-state index is 11.5. The van der Waals surface area contributed by atoms with Crippen LogP contribution in [0.1, 0.15) is 23.5 Å². The van der Waals surface area contributed by atoms with Crippen LogP contribution in [-0.2, 0) is 16.0 Å². The number of halogens is 1. The third-order valence-electron chi connectivity index (χ3n) is 2.64. The van der Waals surface area contributed by atoms with Crippen molar-refractivity contribution in [1.29, 1.82) is 0 Å². The predicted molar refractivity (Wildman–Crippen MR) is 56.7 cm³/mol. The van der Waals surface area contributed by atoms with Crippen LogP contribution in [0.3, 0.4) is 0 Å². The van der Waals surface area contributed by atoms with Gasteiger partial charge >= 0.3 is 0 Å². The summed E-state index contributed by atoms with van der Waals surface area (Å²) in [7, 11) is 0. The van der Waals surface area contributed by atoms with Crippen molar-refractivity contribution in [1.82, 2.24) is 0 Å². The van der Waals surface area contributed by atoms with Crippen LogP contribution in [0.2, 0.25) is 5.02 Å². The Bertz CT molecular complexity index is 442. The summed E-state index contributed by atoms with van der Waals surface area (Å²) in [6, 6.07) is 5.44. The summed E-state index contributed by atoms with van der Waals surface area (Å²) >= 11 is 5.80. The van der Waals surface area contributed by atoms with Crippen LogP contribution < -0.4 is 5.73 Å². The number of nitrogens with two attached hydrogens (primary N) is 1. The molecular weight excluding hydrogens is 214 g/mol. The standard InChI is InChI=1S/C11H10ClNO2/c12-7-1-2-8-6(3-7)4-9(8)10(14)5-11(13)15/h1-3,9H,4-5H2,(H2,13,15). The van der Waals surface area contributed by atoms with Crippen molar-refractivity contribution in [2.75, 3.05) is 0 Å². The highest BCUT2D eigenvalue weighted by molar-refractivity contribution is 6.30. The zero-order valence-electron chi connectivity index (χ0n) is 8.00. The van der Waals surface area contributed by atoms with E-state index in [1.807, 2.05) is 12.1 Å². The van der Waals surface area contributed by atoms with Gasteiger partial charge in [0.15, 0.2) is 0 Å². The summed E-state index contributed by atoms with van der Waals surface area (Å²) in [6.45, 7) is 0. The van der Waals surface area contributed by atoms with Crippen molar-refractivity contribution >= 4 is 23.3 Å². The Morgan fingerprint density at radius 3 is 2.80 bits per heavy atom. The number of fused-ring (bicyclic) bond motifs is 1. The van der Waals surface area contributed by atoms with Crippen molar-refractivity contribution in [3.63, 3.8) is 0 Å². The maximum atomic E-state index is 11.5. The average molecular weight is 224 g/mol. The molecule has 78 valence electrons. The summed E-state index contributed by atoms with van der Waals surface area (Å²) in [6.07, 6.45) is 0.495. The molecule has 0 aromatic heterocycles. The molecule has 15 heavy (non-hydrogen) atoms. The van der Waals surface area contributed by atoms with Gasteiger partial charge in [0.25, 0.3) is 0 Å². The molecule has 1 aromatic rings. The zero-order chi connectivity index (χ0) is 11.0. The van der Waals surface area contributed by atoms with Crippen LogP contribution in [0.5, 0.6) is 0 Å². The molecule has 0 saturated heterocycles. The van der Waals surface area contributed by atoms with Crippen molar-refractivity contribution in [3.05, 3.63) is 34.3 Å². The fraction of sp³-hybridized carbons (Fsp3) is 0.273. The molecule has 1 amide bonds. The van der Waals surface area contributed by atoms with Crippen LogP contribution in [-0.4, -0.2) is 11.7 Å². The molecule has 2 N–H and O–H groups in total. The number of amides is 1. The number of rotatable bonds is 3. The molecule has 0 radical (unpaired) electrons. The molecule has 4 heteroatoms. The highest BCUT2D eigenvalue weighted by Crippen LogP contribution is 2.37. The fourth-order valence-electron chi connectivity index (χ4n) is 1.87. The number of primary amides is 1. The molecule has 0 fully saturated rings. The second-order valence-corrected chi connectivity index (χ2v) is 4.15. The molecule has 1 atom stereocenters. The molecule has 3 nitrogen and oxygen atoms in total. The number of hydrogen-bond acceptors (Lipinski definition) is 2. The Kier molecular flexibility index (Phi) is 2.49. The third kappa shape index (κ3) is 1.88. The van der Waals surface area contributed by atoms with Crippen molar-refractivity contribution < 1.29 is 9.59 Å². The van der Waals surface area contributed by atoms with Crippen LogP contribution in [0.25, 0.3) is 0 Å². The van der Waals surface area contributed by atoms with E-state index in [0.29, 0.717) is 11.4 Å². The van der Waals surface area contributed by atoms with Gasteiger partial charge in [-0.05, 0) is 29.7 Å². The summed E-state index contributed by atoms with van der Waals surface area (Å²) in [4.78, 5) is 22.2. The topological polar surface area (TPSA) is 60.2 Å². The van der Waals surface area contributed by atoms with E-state index in [4.69, 9.17) is 17.3 Å². The molecule has 0 bridgehead atoms. The normalized spacial score (nSPS) is 17.8. The Labute approximate surface area is 92.2 Å². The van der Waals surface area contributed by atoms with E-state index in [9.17, 15) is 9.59 Å². The van der Waals surface area contributed by atoms with Gasteiger partial charge in [-0.3, -0.25) is 9.59 Å². The van der Waals surface area contributed by atoms with Crippen LogP contribution in [0.15, 0.2) is 18.2 Å². The first-order valence-corrected chi connectivity index (χ1v) is 5.05. The fourth-order valence-corrected chi connectivity index (χ4v) is 2.07. The van der Waals surface area contributed by atoms with Crippen molar-refractivity contribution in [3.8, 4) is 0 Å². The van der Waals surface area contributed by atoms with E-state index in [0.717, 1.165) is 11.1 Å². The third-order valence-corrected chi connectivity index (χ3v) is 2.88. The minimum atomic E-state index is -0.567. The van der Waals surface area contributed by atoms with E-state index in [2.05, 4.69) is 0 Å². The summed E-state index contributed by atoms with van der Waals surface area (Å²) in [5, 5.41) is 0.676. The summed E-state index contributed by atoms with van der Waals surface area (Å²) in [5.41, 5.74) is 7.04. The predicted octanol–water partition coefficient (Wildman–Crippen LogP) is 1.42. The van der Waals surface area contributed by atoms with Gasteiger partial charge in [-0.1, -0.05) is 17.7 Å². The van der Waals surface area contributed by atoms with E-state index in [1.165, 1.54) is 0 Å². The molecule has 0 aliphatic heterocycles. The maximum Gasteiger partial charge on any atom is 0.224 e. The number of benzene rings is 1. The first kappa shape index (κ1) is 10.2. The van der Waals surface area contributed by atoms with E-state index >= 15 is 0 Å². The lowest BCUT2D eigenvalue weighted by Gasteiger charge is -2.28. The second kappa shape index (κ2) is 3.66. The van der Waals surface area contributed by atoms with E-state index in [-0.39, 0.29) is 18.1 Å². The summed E-state index contributed by atoms with van der Waals surface area (Å²) in [5.74, 6) is -0.829.